The monoisotopic (exact) mass is 260 g/mol. The Bertz CT molecular complexity index is 324. The molecule has 0 fully saturated rings. The Morgan fingerprint density at radius 1 is 1.25 bits per heavy atom. The normalized spacial score (nSPS) is 12.6. The number of aryl methyl sites for hydroxylation is 1. The van der Waals surface area contributed by atoms with E-state index in [1.165, 1.54) is 5.56 Å². The van der Waals surface area contributed by atoms with Crippen molar-refractivity contribution in [3.63, 3.8) is 0 Å². The smallest absolute Gasteiger partial charge is 0.0577 e. The van der Waals surface area contributed by atoms with Crippen LogP contribution < -0.4 is 0 Å². The van der Waals surface area contributed by atoms with Gasteiger partial charge in [-0.2, -0.15) is 0 Å². The average molecular weight is 261 g/mol. The zero-order valence-corrected chi connectivity index (χ0v) is 11.0. The van der Waals surface area contributed by atoms with Crippen molar-refractivity contribution in [3.05, 3.63) is 34.9 Å². The van der Waals surface area contributed by atoms with Gasteiger partial charge in [0.2, 0.25) is 0 Å². The van der Waals surface area contributed by atoms with Crippen molar-refractivity contribution in [2.45, 2.75) is 12.8 Å². The molecule has 1 rings (SSSR count). The number of halogens is 1. The zero-order chi connectivity index (χ0) is 11.8. The minimum atomic E-state index is -0.749. The van der Waals surface area contributed by atoms with Crippen LogP contribution in [0.3, 0.4) is 0 Å². The summed E-state index contributed by atoms with van der Waals surface area (Å²) in [6.07, 6.45) is 1.90. The lowest BCUT2D eigenvalue weighted by Gasteiger charge is -2.02. The minimum absolute atomic E-state index is 0.577. The van der Waals surface area contributed by atoms with Crippen LogP contribution in [0.4, 0.5) is 0 Å². The van der Waals surface area contributed by atoms with E-state index in [1.807, 2.05) is 24.3 Å². The van der Waals surface area contributed by atoms with Gasteiger partial charge in [0.1, 0.15) is 0 Å². The fourth-order valence-corrected chi connectivity index (χ4v) is 2.52. The molecule has 1 aromatic rings. The summed E-state index contributed by atoms with van der Waals surface area (Å²) < 4.78 is 16.3. The van der Waals surface area contributed by atoms with Crippen molar-refractivity contribution in [1.82, 2.24) is 0 Å². The fraction of sp³-hybridized carbons (Fsp3) is 0.500. The molecule has 4 heteroatoms. The summed E-state index contributed by atoms with van der Waals surface area (Å²) in [4.78, 5) is 0. The lowest BCUT2D eigenvalue weighted by Crippen LogP contribution is -2.08. The molecular weight excluding hydrogens is 244 g/mol. The highest BCUT2D eigenvalue weighted by atomic mass is 35.5. The van der Waals surface area contributed by atoms with Crippen LogP contribution in [0.15, 0.2) is 24.3 Å². The molecule has 0 amide bonds. The van der Waals surface area contributed by atoms with Gasteiger partial charge in [-0.1, -0.05) is 23.7 Å². The molecule has 2 nitrogen and oxygen atoms in total. The predicted octanol–water partition coefficient (Wildman–Crippen LogP) is 2.67. The van der Waals surface area contributed by atoms with Gasteiger partial charge < -0.3 is 4.74 Å². The number of hydrogen-bond donors (Lipinski definition) is 0. The van der Waals surface area contributed by atoms with E-state index in [1.54, 1.807) is 7.11 Å². The first-order chi connectivity index (χ1) is 7.72. The van der Waals surface area contributed by atoms with Crippen LogP contribution in [0.2, 0.25) is 5.02 Å². The van der Waals surface area contributed by atoms with Gasteiger partial charge in [0.15, 0.2) is 0 Å². The largest absolute Gasteiger partial charge is 0.384 e. The Balaban J connectivity index is 2.20. The molecule has 0 heterocycles. The molecule has 1 atom stereocenters. The van der Waals surface area contributed by atoms with Gasteiger partial charge in [0.25, 0.3) is 0 Å². The van der Waals surface area contributed by atoms with Crippen LogP contribution in [0.5, 0.6) is 0 Å². The molecule has 0 aliphatic rings. The maximum atomic E-state index is 11.5. The molecule has 0 aromatic heterocycles. The third kappa shape index (κ3) is 5.64. The van der Waals surface area contributed by atoms with Crippen molar-refractivity contribution in [2.24, 2.45) is 0 Å². The van der Waals surface area contributed by atoms with E-state index < -0.39 is 10.8 Å². The molecule has 0 saturated carbocycles. The summed E-state index contributed by atoms with van der Waals surface area (Å²) in [5.41, 5.74) is 1.24. The van der Waals surface area contributed by atoms with Gasteiger partial charge in [-0.05, 0) is 30.5 Å². The van der Waals surface area contributed by atoms with E-state index in [2.05, 4.69) is 0 Å². The molecule has 0 N–H and O–H groups in total. The van der Waals surface area contributed by atoms with Gasteiger partial charge >= 0.3 is 0 Å². The van der Waals surface area contributed by atoms with Crippen LogP contribution in [0.25, 0.3) is 0 Å². The summed E-state index contributed by atoms with van der Waals surface area (Å²) in [5, 5.41) is 0.757. The highest BCUT2D eigenvalue weighted by Crippen LogP contribution is 2.11. The molecule has 0 aliphatic carbocycles. The van der Waals surface area contributed by atoms with Gasteiger partial charge in [-0.15, -0.1) is 0 Å². The number of ether oxygens (including phenoxy) is 1. The fourth-order valence-electron chi connectivity index (χ4n) is 1.37. The molecule has 0 spiro atoms. The van der Waals surface area contributed by atoms with Crippen molar-refractivity contribution in [2.75, 3.05) is 25.2 Å². The second-order valence-electron chi connectivity index (χ2n) is 3.57. The molecular formula is C12H17ClO2S. The topological polar surface area (TPSA) is 26.3 Å². The third-order valence-corrected chi connectivity index (χ3v) is 3.88. The van der Waals surface area contributed by atoms with Crippen molar-refractivity contribution in [3.8, 4) is 0 Å². The van der Waals surface area contributed by atoms with E-state index >= 15 is 0 Å². The molecule has 1 aromatic carbocycles. The zero-order valence-electron chi connectivity index (χ0n) is 9.45. The first kappa shape index (κ1) is 13.7. The minimum Gasteiger partial charge on any atom is -0.384 e. The van der Waals surface area contributed by atoms with Crippen LogP contribution >= 0.6 is 11.6 Å². The average Bonchev–Trinajstić information content (AvgIpc) is 2.29. The molecule has 90 valence electrons. The number of rotatable bonds is 7. The van der Waals surface area contributed by atoms with Gasteiger partial charge in [0, 0.05) is 34.4 Å². The van der Waals surface area contributed by atoms with Crippen molar-refractivity contribution in [1.29, 1.82) is 0 Å². The maximum Gasteiger partial charge on any atom is 0.0577 e. The molecule has 16 heavy (non-hydrogen) atoms. The SMILES string of the molecule is COCCS(=O)CCCc1ccc(Cl)cc1. The number of methoxy groups -OCH3 is 1. The standard InChI is InChI=1S/C12H17ClO2S/c1-15-8-10-16(14)9-2-3-11-4-6-12(13)7-5-11/h4-7H,2-3,8-10H2,1H3. The quantitative estimate of drug-likeness (QED) is 0.754. The Hall–Kier alpha value is -0.380. The molecule has 0 bridgehead atoms. The molecule has 0 radical (unpaired) electrons. The number of hydrogen-bond acceptors (Lipinski definition) is 2. The Labute approximate surface area is 104 Å². The lowest BCUT2D eigenvalue weighted by molar-refractivity contribution is 0.218. The summed E-state index contributed by atoms with van der Waals surface area (Å²) in [7, 11) is 0.881. The molecule has 0 aliphatic heterocycles. The van der Waals surface area contributed by atoms with E-state index in [0.29, 0.717) is 12.4 Å². The number of benzene rings is 1. The predicted molar refractivity (Wildman–Crippen MR) is 69.5 cm³/mol. The van der Waals surface area contributed by atoms with Gasteiger partial charge in [-0.25, -0.2) is 0 Å². The van der Waals surface area contributed by atoms with Gasteiger partial charge in [0.05, 0.1) is 6.61 Å². The van der Waals surface area contributed by atoms with Crippen molar-refractivity contribution >= 4 is 22.4 Å². The Morgan fingerprint density at radius 3 is 2.56 bits per heavy atom. The first-order valence-corrected chi connectivity index (χ1v) is 7.17. The maximum absolute atomic E-state index is 11.5. The summed E-state index contributed by atoms with van der Waals surface area (Å²) in [5.74, 6) is 1.38. The Kier molecular flexibility index (Phi) is 6.69. The van der Waals surface area contributed by atoms with Crippen LogP contribution in [-0.4, -0.2) is 29.4 Å². The lowest BCUT2D eigenvalue weighted by atomic mass is 10.1. The van der Waals surface area contributed by atoms with E-state index in [0.717, 1.165) is 23.6 Å². The first-order valence-electron chi connectivity index (χ1n) is 5.30. The van der Waals surface area contributed by atoms with E-state index in [4.69, 9.17) is 16.3 Å². The van der Waals surface area contributed by atoms with Crippen LogP contribution in [0, 0.1) is 0 Å². The summed E-state index contributed by atoms with van der Waals surface area (Å²) in [6.45, 7) is 0.577. The highest BCUT2D eigenvalue weighted by molar-refractivity contribution is 7.84. The van der Waals surface area contributed by atoms with E-state index in [9.17, 15) is 4.21 Å². The second kappa shape index (κ2) is 7.82. The summed E-state index contributed by atoms with van der Waals surface area (Å²) in [6, 6.07) is 7.80. The van der Waals surface area contributed by atoms with Crippen LogP contribution in [-0.2, 0) is 22.0 Å². The van der Waals surface area contributed by atoms with Gasteiger partial charge in [-0.3, -0.25) is 4.21 Å². The second-order valence-corrected chi connectivity index (χ2v) is 5.70. The van der Waals surface area contributed by atoms with Crippen LogP contribution in [0.1, 0.15) is 12.0 Å². The molecule has 0 saturated heterocycles. The molecule has 1 unspecified atom stereocenters. The van der Waals surface area contributed by atoms with E-state index in [-0.39, 0.29) is 0 Å². The van der Waals surface area contributed by atoms with Crippen molar-refractivity contribution < 1.29 is 8.95 Å². The third-order valence-electron chi connectivity index (χ3n) is 2.27. The highest BCUT2D eigenvalue weighted by Gasteiger charge is 2.00. The Morgan fingerprint density at radius 2 is 1.94 bits per heavy atom. The summed E-state index contributed by atoms with van der Waals surface area (Å²) >= 11 is 5.79.